The van der Waals surface area contributed by atoms with Gasteiger partial charge in [-0.05, 0) is 36.7 Å². The molecule has 0 bridgehead atoms. The minimum atomic E-state index is -0.319. The molecular formula is C23H26BrN3O. The smallest absolute Gasteiger partial charge is 0.200 e. The van der Waals surface area contributed by atoms with E-state index in [1.807, 2.05) is 0 Å². The molecule has 28 heavy (non-hydrogen) atoms. The predicted octanol–water partition coefficient (Wildman–Crippen LogP) is 5.19. The number of piperidine rings is 1. The third-order valence-electron chi connectivity index (χ3n) is 6.26. The largest absolute Gasteiger partial charge is 0.466 e. The Morgan fingerprint density at radius 2 is 1.86 bits per heavy atom. The van der Waals surface area contributed by atoms with Gasteiger partial charge in [0.25, 0.3) is 0 Å². The molecule has 3 aliphatic rings. The second kappa shape index (κ2) is 7.20. The lowest BCUT2D eigenvalue weighted by molar-refractivity contribution is -0.149. The highest BCUT2D eigenvalue weighted by Gasteiger charge is 2.51. The minimum absolute atomic E-state index is 0.265. The van der Waals surface area contributed by atoms with Crippen LogP contribution in [0.4, 0.5) is 0 Å². The molecule has 0 N–H and O–H groups in total. The number of hydrazone groups is 1. The van der Waals surface area contributed by atoms with E-state index >= 15 is 0 Å². The number of likely N-dealkylation sites (tertiary alicyclic amines) is 1. The van der Waals surface area contributed by atoms with E-state index in [2.05, 4.69) is 81.3 Å². The molecule has 2 aromatic carbocycles. The van der Waals surface area contributed by atoms with E-state index in [4.69, 9.17) is 9.84 Å². The maximum Gasteiger partial charge on any atom is 0.200 e. The molecule has 1 fully saturated rings. The van der Waals surface area contributed by atoms with E-state index in [0.29, 0.717) is 0 Å². The molecule has 0 aliphatic carbocycles. The normalized spacial score (nSPS) is 23.1. The Kier molecular flexibility index (Phi) is 4.68. The summed E-state index contributed by atoms with van der Waals surface area (Å²) in [5, 5.41) is 7.45. The third kappa shape index (κ3) is 3.05. The molecule has 1 atom stereocenters. The van der Waals surface area contributed by atoms with E-state index < -0.39 is 0 Å². The zero-order valence-electron chi connectivity index (χ0n) is 16.3. The van der Waals surface area contributed by atoms with Gasteiger partial charge in [0, 0.05) is 42.4 Å². The highest BCUT2D eigenvalue weighted by atomic mass is 79.9. The van der Waals surface area contributed by atoms with E-state index in [-0.39, 0.29) is 11.8 Å². The lowest BCUT2D eigenvalue weighted by atomic mass is 9.90. The number of para-hydroxylation sites is 1. The van der Waals surface area contributed by atoms with Crippen molar-refractivity contribution in [3.05, 3.63) is 64.1 Å². The van der Waals surface area contributed by atoms with Crippen molar-refractivity contribution in [1.82, 2.24) is 9.91 Å². The molecule has 146 valence electrons. The van der Waals surface area contributed by atoms with Crippen molar-refractivity contribution in [2.45, 2.75) is 44.4 Å². The molecule has 1 unspecified atom stereocenters. The average Bonchev–Trinajstić information content (AvgIpc) is 3.17. The third-order valence-corrected chi connectivity index (χ3v) is 6.79. The van der Waals surface area contributed by atoms with Gasteiger partial charge in [0.2, 0.25) is 5.72 Å². The summed E-state index contributed by atoms with van der Waals surface area (Å²) in [4.78, 5) is 2.56. The summed E-state index contributed by atoms with van der Waals surface area (Å²) in [6.45, 7) is 5.57. The molecule has 0 amide bonds. The summed E-state index contributed by atoms with van der Waals surface area (Å²) in [6, 6.07) is 17.3. The SMILES string of the molecule is CCCN1CCC2(CC1)Oc1ccccc1C1CC(c3ccc(Br)cc3)=NN12. The minimum Gasteiger partial charge on any atom is -0.466 e. The molecule has 1 saturated heterocycles. The number of nitrogens with zero attached hydrogens (tertiary/aromatic N) is 3. The van der Waals surface area contributed by atoms with Crippen molar-refractivity contribution in [3.8, 4) is 5.75 Å². The van der Waals surface area contributed by atoms with Crippen molar-refractivity contribution in [2.24, 2.45) is 5.10 Å². The Morgan fingerprint density at radius 3 is 2.61 bits per heavy atom. The van der Waals surface area contributed by atoms with Crippen molar-refractivity contribution < 1.29 is 4.74 Å². The van der Waals surface area contributed by atoms with Crippen LogP contribution in [0.1, 0.15) is 49.8 Å². The van der Waals surface area contributed by atoms with Gasteiger partial charge in [-0.2, -0.15) is 5.10 Å². The lowest BCUT2D eigenvalue weighted by Crippen LogP contribution is -2.59. The van der Waals surface area contributed by atoms with Gasteiger partial charge in [-0.15, -0.1) is 0 Å². The van der Waals surface area contributed by atoms with Crippen molar-refractivity contribution >= 4 is 21.6 Å². The Hall–Kier alpha value is -1.85. The van der Waals surface area contributed by atoms with Crippen LogP contribution in [0, 0.1) is 0 Å². The van der Waals surface area contributed by atoms with Crippen molar-refractivity contribution in [2.75, 3.05) is 19.6 Å². The molecule has 1 spiro atoms. The Balaban J connectivity index is 1.51. The Labute approximate surface area is 175 Å². The van der Waals surface area contributed by atoms with Crippen LogP contribution in [-0.4, -0.2) is 41.0 Å². The maximum absolute atomic E-state index is 6.69. The van der Waals surface area contributed by atoms with Gasteiger partial charge in [0.15, 0.2) is 0 Å². The fraction of sp³-hybridized carbons (Fsp3) is 0.435. The number of hydrogen-bond donors (Lipinski definition) is 0. The molecule has 5 rings (SSSR count). The Morgan fingerprint density at radius 1 is 1.11 bits per heavy atom. The molecule has 0 saturated carbocycles. The summed E-state index contributed by atoms with van der Waals surface area (Å²) < 4.78 is 7.79. The van der Waals surface area contributed by atoms with Gasteiger partial charge >= 0.3 is 0 Å². The molecular weight excluding hydrogens is 414 g/mol. The number of benzene rings is 2. The van der Waals surface area contributed by atoms with Crippen LogP contribution in [-0.2, 0) is 0 Å². The number of fused-ring (bicyclic) bond motifs is 4. The van der Waals surface area contributed by atoms with Gasteiger partial charge in [0.05, 0.1) is 11.8 Å². The fourth-order valence-electron chi connectivity index (χ4n) is 4.82. The van der Waals surface area contributed by atoms with E-state index in [1.54, 1.807) is 0 Å². The number of hydrogen-bond acceptors (Lipinski definition) is 4. The maximum atomic E-state index is 6.69. The monoisotopic (exact) mass is 439 g/mol. The van der Waals surface area contributed by atoms with E-state index in [1.165, 1.54) is 24.1 Å². The van der Waals surface area contributed by atoms with Gasteiger partial charge in [-0.1, -0.05) is 53.2 Å². The predicted molar refractivity (Wildman–Crippen MR) is 116 cm³/mol. The molecule has 3 aliphatic heterocycles. The van der Waals surface area contributed by atoms with E-state index in [0.717, 1.165) is 48.3 Å². The quantitative estimate of drug-likeness (QED) is 0.657. The zero-order chi connectivity index (χ0) is 19.1. The Bertz CT molecular complexity index is 887. The van der Waals surface area contributed by atoms with Crippen LogP contribution in [0.5, 0.6) is 5.75 Å². The molecule has 5 heteroatoms. The summed E-state index contributed by atoms with van der Waals surface area (Å²) in [7, 11) is 0. The molecule has 2 aromatic rings. The number of ether oxygens (including phenoxy) is 1. The standard InChI is InChI=1S/C23H26BrN3O/c1-2-13-26-14-11-23(12-15-26)27-21(19-5-3-4-6-22(19)28-23)16-20(25-27)17-7-9-18(24)10-8-17/h3-10,21H,2,11-16H2,1H3. The molecule has 4 nitrogen and oxygen atoms in total. The van der Waals surface area contributed by atoms with Gasteiger partial charge in [0.1, 0.15) is 5.75 Å². The van der Waals surface area contributed by atoms with Crippen LogP contribution < -0.4 is 4.74 Å². The first kappa shape index (κ1) is 18.2. The molecule has 3 heterocycles. The number of rotatable bonds is 3. The average molecular weight is 440 g/mol. The van der Waals surface area contributed by atoms with Gasteiger partial charge < -0.3 is 9.64 Å². The summed E-state index contributed by atoms with van der Waals surface area (Å²) in [6.07, 6.45) is 4.13. The van der Waals surface area contributed by atoms with Crippen LogP contribution in [0.3, 0.4) is 0 Å². The summed E-state index contributed by atoms with van der Waals surface area (Å²) in [5.74, 6) is 1.04. The van der Waals surface area contributed by atoms with Crippen LogP contribution >= 0.6 is 15.9 Å². The molecule has 0 radical (unpaired) electrons. The van der Waals surface area contributed by atoms with Crippen LogP contribution in [0.25, 0.3) is 0 Å². The van der Waals surface area contributed by atoms with Crippen molar-refractivity contribution in [3.63, 3.8) is 0 Å². The second-order valence-electron chi connectivity index (χ2n) is 8.05. The zero-order valence-corrected chi connectivity index (χ0v) is 17.9. The topological polar surface area (TPSA) is 28.1 Å². The summed E-state index contributed by atoms with van der Waals surface area (Å²) in [5.41, 5.74) is 3.31. The first-order valence-corrected chi connectivity index (χ1v) is 11.1. The fourth-order valence-corrected chi connectivity index (χ4v) is 5.08. The first-order chi connectivity index (χ1) is 13.7. The number of halogens is 1. The van der Waals surface area contributed by atoms with Crippen LogP contribution in [0.2, 0.25) is 0 Å². The van der Waals surface area contributed by atoms with Gasteiger partial charge in [-0.25, -0.2) is 5.01 Å². The second-order valence-corrected chi connectivity index (χ2v) is 8.96. The highest BCUT2D eigenvalue weighted by molar-refractivity contribution is 9.10. The van der Waals surface area contributed by atoms with Gasteiger partial charge in [-0.3, -0.25) is 0 Å². The lowest BCUT2D eigenvalue weighted by Gasteiger charge is -2.51. The highest BCUT2D eigenvalue weighted by Crippen LogP contribution is 2.49. The summed E-state index contributed by atoms with van der Waals surface area (Å²) >= 11 is 3.54. The first-order valence-electron chi connectivity index (χ1n) is 10.3. The van der Waals surface area contributed by atoms with Crippen molar-refractivity contribution in [1.29, 1.82) is 0 Å². The van der Waals surface area contributed by atoms with Crippen LogP contribution in [0.15, 0.2) is 58.1 Å². The molecule has 0 aromatic heterocycles. The van der Waals surface area contributed by atoms with E-state index in [9.17, 15) is 0 Å².